The third kappa shape index (κ3) is 6.50. The summed E-state index contributed by atoms with van der Waals surface area (Å²) in [4.78, 5) is 24.1. The van der Waals surface area contributed by atoms with Crippen molar-refractivity contribution in [1.29, 1.82) is 5.41 Å². The minimum Gasteiger partial charge on any atom is -0.476 e. The van der Waals surface area contributed by atoms with Gasteiger partial charge in [0, 0.05) is 60.2 Å². The summed E-state index contributed by atoms with van der Waals surface area (Å²) < 4.78 is 7.93. The van der Waals surface area contributed by atoms with Crippen molar-refractivity contribution in [1.82, 2.24) is 20.6 Å². The molecule has 0 bridgehead atoms. The van der Waals surface area contributed by atoms with Gasteiger partial charge < -0.3 is 51.4 Å². The molecule has 2 aromatic carbocycles. The minimum absolute atomic E-state index is 0.0774. The van der Waals surface area contributed by atoms with E-state index in [1.165, 1.54) is 17.6 Å². The van der Waals surface area contributed by atoms with Crippen molar-refractivity contribution < 1.29 is 30.0 Å². The number of aromatic carboxylic acids is 1. The van der Waals surface area contributed by atoms with Crippen molar-refractivity contribution in [2.24, 2.45) is 16.2 Å². The van der Waals surface area contributed by atoms with E-state index < -0.39 is 18.3 Å². The average molecular weight is 796 g/mol. The number of hydrogen-bond acceptors (Lipinski definition) is 13. The highest BCUT2D eigenvalue weighted by Crippen LogP contribution is 2.87. The summed E-state index contributed by atoms with van der Waals surface area (Å²) in [5.41, 5.74) is 4.82. The minimum atomic E-state index is -1.17. The van der Waals surface area contributed by atoms with Gasteiger partial charge in [0.2, 0.25) is 0 Å². The molecule has 8 rings (SSSR count). The summed E-state index contributed by atoms with van der Waals surface area (Å²) in [5.74, 6) is -0.670. The van der Waals surface area contributed by atoms with Gasteiger partial charge in [-0.2, -0.15) is 0 Å². The number of ether oxygens (including phenoxy) is 1. The Kier molecular flexibility index (Phi) is 10.4. The van der Waals surface area contributed by atoms with Crippen LogP contribution in [0.2, 0.25) is 0 Å². The van der Waals surface area contributed by atoms with E-state index in [4.69, 9.17) is 15.3 Å². The predicted molar refractivity (Wildman–Crippen MR) is 221 cm³/mol. The maximum absolute atomic E-state index is 12.8. The molecule has 13 nitrogen and oxygen atoms in total. The number of para-hydroxylation sites is 1. The van der Waals surface area contributed by atoms with E-state index in [0.717, 1.165) is 52.6 Å². The Morgan fingerprint density at radius 3 is 2.61 bits per heavy atom. The maximum Gasteiger partial charge on any atom is 0.355 e. The summed E-state index contributed by atoms with van der Waals surface area (Å²) in [6.45, 7) is 9.74. The Bertz CT molecular complexity index is 2200. The Hall–Kier alpha value is -4.44. The topological polar surface area (TPSA) is 196 Å². The molecule has 302 valence electrons. The highest BCUT2D eigenvalue weighted by molar-refractivity contribution is 7.22. The van der Waals surface area contributed by atoms with E-state index in [9.17, 15) is 20.1 Å². The van der Waals surface area contributed by atoms with Crippen LogP contribution in [-0.2, 0) is 17.8 Å². The molecule has 57 heavy (non-hydrogen) atoms. The van der Waals surface area contributed by atoms with E-state index in [2.05, 4.69) is 39.8 Å². The molecule has 2 aromatic heterocycles. The SMILES string of the molecule is C/C(NCC12CCC3(C)CC(C)(C1)C32OCCNCC[C@H](O)CO)=C(/C=N)c1ccc(N2Cc3cccc(C(O)Nc4nc5ccccc5s4)c3C2)nc1C(=O)O. The van der Waals surface area contributed by atoms with E-state index in [1.807, 2.05) is 60.4 Å². The molecule has 0 radical (unpaired) electrons. The molecule has 6 atom stereocenters. The van der Waals surface area contributed by atoms with Gasteiger partial charge >= 0.3 is 5.97 Å². The zero-order valence-electron chi connectivity index (χ0n) is 32.8. The molecule has 14 heteroatoms. The fourth-order valence-corrected chi connectivity index (χ4v) is 12.2. The Balaban J connectivity index is 0.967. The second-order valence-corrected chi connectivity index (χ2v) is 18.0. The Labute approximate surface area is 336 Å². The van der Waals surface area contributed by atoms with Gasteiger partial charge in [0.05, 0.1) is 35.1 Å². The average Bonchev–Trinajstić information content (AvgIpc) is 3.83. The highest BCUT2D eigenvalue weighted by Gasteiger charge is 2.88. The van der Waals surface area contributed by atoms with Crippen LogP contribution >= 0.6 is 11.3 Å². The summed E-state index contributed by atoms with van der Waals surface area (Å²) >= 11 is 1.48. The van der Waals surface area contributed by atoms with Gasteiger partial charge in [-0.25, -0.2) is 14.8 Å². The first-order valence-electron chi connectivity index (χ1n) is 19.9. The smallest absolute Gasteiger partial charge is 0.355 e. The zero-order valence-corrected chi connectivity index (χ0v) is 33.6. The zero-order chi connectivity index (χ0) is 40.2. The van der Waals surface area contributed by atoms with Crippen LogP contribution < -0.4 is 20.9 Å². The number of nitrogens with one attached hydrogen (secondary N) is 4. The third-order valence-electron chi connectivity index (χ3n) is 13.4. The van der Waals surface area contributed by atoms with Crippen molar-refractivity contribution in [2.75, 3.05) is 43.1 Å². The number of aliphatic hydroxyl groups excluding tert-OH is 3. The molecule has 3 saturated carbocycles. The van der Waals surface area contributed by atoms with Crippen LogP contribution in [0, 0.1) is 21.7 Å². The number of carboxylic acids is 1. The quantitative estimate of drug-likeness (QED) is 0.0350. The fourth-order valence-electron chi connectivity index (χ4n) is 11.3. The van der Waals surface area contributed by atoms with Crippen molar-refractivity contribution in [3.8, 4) is 0 Å². The number of carboxylic acid groups (broad SMARTS) is 1. The van der Waals surface area contributed by atoms with Crippen LogP contribution in [-0.4, -0.2) is 87.1 Å². The summed E-state index contributed by atoms with van der Waals surface area (Å²) in [7, 11) is 0. The number of rotatable bonds is 18. The summed E-state index contributed by atoms with van der Waals surface area (Å²) in [5, 5.41) is 59.7. The lowest BCUT2D eigenvalue weighted by molar-refractivity contribution is -0.385. The first-order valence-corrected chi connectivity index (χ1v) is 20.7. The van der Waals surface area contributed by atoms with Gasteiger partial charge in [0.1, 0.15) is 5.82 Å². The van der Waals surface area contributed by atoms with Crippen LogP contribution in [0.3, 0.4) is 0 Å². The molecule has 1 aliphatic heterocycles. The second-order valence-electron chi connectivity index (χ2n) is 16.9. The van der Waals surface area contributed by atoms with Crippen LogP contribution in [0.15, 0.2) is 60.3 Å². The van der Waals surface area contributed by atoms with E-state index >= 15 is 0 Å². The molecule has 3 fully saturated rings. The monoisotopic (exact) mass is 795 g/mol. The molecule has 0 amide bonds. The number of anilines is 2. The number of pyridine rings is 1. The van der Waals surface area contributed by atoms with E-state index in [1.54, 1.807) is 6.07 Å². The molecule has 5 unspecified atom stereocenters. The van der Waals surface area contributed by atoms with Gasteiger partial charge in [0.15, 0.2) is 17.1 Å². The second kappa shape index (κ2) is 15.1. The number of benzene rings is 2. The number of aromatic nitrogens is 2. The van der Waals surface area contributed by atoms with Gasteiger partial charge in [0.25, 0.3) is 0 Å². The number of allylic oxidation sites excluding steroid dienone is 2. The summed E-state index contributed by atoms with van der Waals surface area (Å²) in [6.07, 6.45) is 4.26. The molecule has 4 aromatic rings. The first kappa shape index (κ1) is 39.4. The normalized spacial score (nSPS) is 27.2. The molecule has 3 heterocycles. The van der Waals surface area contributed by atoms with E-state index in [0.29, 0.717) is 73.5 Å². The van der Waals surface area contributed by atoms with Crippen LogP contribution in [0.4, 0.5) is 10.9 Å². The number of nitrogens with zero attached hydrogens (tertiary/aromatic N) is 3. The standard InChI is InChI=1S/C43H53N7O6S/c1-26(46-25-42-15-14-40(2)23-41(3,24-42)43(40,42)56-18-17-45-16-13-28(52)22-51)31(19-44)29-11-12-35(48-36(29)38(54)55)50-20-27-7-6-8-30(32(27)21-50)37(53)49-39-47-33-9-4-5-10-34(33)57-39/h4-12,19,28,37,44-46,51-53H,13-18,20-25H2,1-3H3,(H,47,49)(H,54,55)/b31-26+,44-19?/t28-,37?,40?,41?,42?,43?/m0/s1. The van der Waals surface area contributed by atoms with Crippen molar-refractivity contribution in [3.05, 3.63) is 88.2 Å². The first-order chi connectivity index (χ1) is 27.4. The van der Waals surface area contributed by atoms with Crippen molar-refractivity contribution >= 4 is 50.3 Å². The number of fused-ring (bicyclic) bond motifs is 2. The lowest BCUT2D eigenvalue weighted by Crippen LogP contribution is -2.83. The Morgan fingerprint density at radius 1 is 1.04 bits per heavy atom. The molecular weight excluding hydrogens is 743 g/mol. The van der Waals surface area contributed by atoms with Crippen LogP contribution in [0.25, 0.3) is 15.8 Å². The lowest BCUT2D eigenvalue weighted by Gasteiger charge is -2.80. The number of carbonyl (C=O) groups is 1. The van der Waals surface area contributed by atoms with E-state index in [-0.39, 0.29) is 34.1 Å². The van der Waals surface area contributed by atoms with Crippen LogP contribution in [0.5, 0.6) is 0 Å². The number of thiazole rings is 1. The van der Waals surface area contributed by atoms with Gasteiger partial charge in [-0.15, -0.1) is 0 Å². The van der Waals surface area contributed by atoms with Crippen LogP contribution in [0.1, 0.15) is 91.8 Å². The Morgan fingerprint density at radius 2 is 1.86 bits per heavy atom. The molecule has 8 N–H and O–H groups in total. The van der Waals surface area contributed by atoms with Gasteiger partial charge in [-0.05, 0) is 91.8 Å². The molecule has 0 spiro atoms. The van der Waals surface area contributed by atoms with Gasteiger partial charge in [-0.1, -0.05) is 55.5 Å². The number of aliphatic hydroxyl groups is 3. The highest BCUT2D eigenvalue weighted by atomic mass is 32.1. The maximum atomic E-state index is 12.8. The lowest BCUT2D eigenvalue weighted by atomic mass is 9.29. The fraction of sp³-hybridized carbons (Fsp3) is 0.488. The summed E-state index contributed by atoms with van der Waals surface area (Å²) in [6, 6.07) is 17.2. The van der Waals surface area contributed by atoms with Gasteiger partial charge in [-0.3, -0.25) is 0 Å². The molecule has 0 saturated heterocycles. The molecular formula is C43H53N7O6S. The molecule has 4 aliphatic rings. The predicted octanol–water partition coefficient (Wildman–Crippen LogP) is 5.67. The molecule has 3 aliphatic carbocycles. The largest absolute Gasteiger partial charge is 0.476 e. The number of hydrogen-bond donors (Lipinski definition) is 8. The third-order valence-corrected chi connectivity index (χ3v) is 14.3. The van der Waals surface area contributed by atoms with Crippen molar-refractivity contribution in [2.45, 2.75) is 83.9 Å². The van der Waals surface area contributed by atoms with Crippen molar-refractivity contribution in [3.63, 3.8) is 0 Å².